The molecular formula is C10H14. The van der Waals surface area contributed by atoms with Gasteiger partial charge in [-0.25, -0.2) is 0 Å². The van der Waals surface area contributed by atoms with Crippen molar-refractivity contribution in [1.29, 1.82) is 0 Å². The molecule has 0 fully saturated rings. The summed E-state index contributed by atoms with van der Waals surface area (Å²) >= 11 is 0. The van der Waals surface area contributed by atoms with Gasteiger partial charge in [-0.15, -0.1) is 0 Å². The van der Waals surface area contributed by atoms with Crippen LogP contribution < -0.4 is 0 Å². The Labute approximate surface area is 63.3 Å². The summed E-state index contributed by atoms with van der Waals surface area (Å²) in [7, 11) is 0. The molecule has 0 saturated heterocycles. The van der Waals surface area contributed by atoms with Gasteiger partial charge in [-0.2, -0.15) is 0 Å². The first kappa shape index (κ1) is 8.96. The molecule has 0 aromatic carbocycles. The number of rotatable bonds is 3. The van der Waals surface area contributed by atoms with Gasteiger partial charge in [0.05, 0.1) is 0 Å². The maximum atomic E-state index is 3.69. The van der Waals surface area contributed by atoms with Crippen LogP contribution in [-0.2, 0) is 0 Å². The van der Waals surface area contributed by atoms with Crippen LogP contribution >= 0.6 is 0 Å². The summed E-state index contributed by atoms with van der Waals surface area (Å²) in [4.78, 5) is 0. The highest BCUT2D eigenvalue weighted by Crippen LogP contribution is 2.08. The van der Waals surface area contributed by atoms with Crippen LogP contribution in [-0.4, -0.2) is 0 Å². The lowest BCUT2D eigenvalue weighted by Gasteiger charge is -1.97. The average Bonchev–Trinajstić information content (AvgIpc) is 1.91. The van der Waals surface area contributed by atoms with E-state index in [1.165, 1.54) is 11.1 Å². The molecule has 54 valence electrons. The maximum Gasteiger partial charge on any atom is -0.0276 e. The molecule has 0 bridgehead atoms. The van der Waals surface area contributed by atoms with Gasteiger partial charge >= 0.3 is 0 Å². The second-order valence-corrected chi connectivity index (χ2v) is 2.03. The van der Waals surface area contributed by atoms with Crippen LogP contribution in [0.2, 0.25) is 0 Å². The molecule has 0 radical (unpaired) electrons. The third kappa shape index (κ3) is 2.49. The van der Waals surface area contributed by atoms with Crippen LogP contribution in [0, 0.1) is 0 Å². The maximum absolute atomic E-state index is 3.69. The van der Waals surface area contributed by atoms with Gasteiger partial charge in [-0.3, -0.25) is 0 Å². The summed E-state index contributed by atoms with van der Waals surface area (Å²) in [6.45, 7) is 11.3. The summed E-state index contributed by atoms with van der Waals surface area (Å²) in [6.07, 6.45) is 7.62. The van der Waals surface area contributed by atoms with Crippen molar-refractivity contribution in [2.24, 2.45) is 0 Å². The van der Waals surface area contributed by atoms with Gasteiger partial charge in [-0.05, 0) is 25.0 Å². The van der Waals surface area contributed by atoms with Crippen molar-refractivity contribution < 1.29 is 0 Å². The summed E-state index contributed by atoms with van der Waals surface area (Å²) < 4.78 is 0. The summed E-state index contributed by atoms with van der Waals surface area (Å²) in [6, 6.07) is 0. The Morgan fingerprint density at radius 2 is 1.90 bits per heavy atom. The van der Waals surface area contributed by atoms with Gasteiger partial charge < -0.3 is 0 Å². The Morgan fingerprint density at radius 1 is 1.30 bits per heavy atom. The van der Waals surface area contributed by atoms with Gasteiger partial charge in [0.1, 0.15) is 0 Å². The van der Waals surface area contributed by atoms with E-state index in [2.05, 4.69) is 13.2 Å². The standard InChI is InChI=1S/C10H14/c1-5-8-9(4)10(6-2)7-3/h5-8H,1-2H2,3-4H3/b9-8+,10-7+. The topological polar surface area (TPSA) is 0 Å². The largest absolute Gasteiger partial charge is 0.0991 e. The van der Waals surface area contributed by atoms with Crippen molar-refractivity contribution in [3.05, 3.63) is 48.6 Å². The Balaban J connectivity index is 4.45. The van der Waals surface area contributed by atoms with Gasteiger partial charge in [0.15, 0.2) is 0 Å². The molecule has 0 aliphatic rings. The molecule has 0 nitrogen and oxygen atoms in total. The third-order valence-corrected chi connectivity index (χ3v) is 1.35. The van der Waals surface area contributed by atoms with E-state index in [0.29, 0.717) is 0 Å². The van der Waals surface area contributed by atoms with E-state index < -0.39 is 0 Å². The molecule has 0 aliphatic carbocycles. The number of allylic oxidation sites excluding steroid dienone is 6. The minimum Gasteiger partial charge on any atom is -0.0991 e. The van der Waals surface area contributed by atoms with Gasteiger partial charge in [0, 0.05) is 0 Å². The molecule has 0 atom stereocenters. The van der Waals surface area contributed by atoms with Crippen molar-refractivity contribution in [3.63, 3.8) is 0 Å². The highest BCUT2D eigenvalue weighted by molar-refractivity contribution is 5.38. The fourth-order valence-corrected chi connectivity index (χ4v) is 0.780. The van der Waals surface area contributed by atoms with Crippen LogP contribution in [0.4, 0.5) is 0 Å². The smallest absolute Gasteiger partial charge is 0.0276 e. The Morgan fingerprint density at radius 3 is 2.20 bits per heavy atom. The normalized spacial score (nSPS) is 13.0. The molecule has 0 rings (SSSR count). The van der Waals surface area contributed by atoms with Crippen LogP contribution in [0.3, 0.4) is 0 Å². The van der Waals surface area contributed by atoms with E-state index in [4.69, 9.17) is 0 Å². The molecule has 0 spiro atoms. The van der Waals surface area contributed by atoms with Crippen molar-refractivity contribution in [2.45, 2.75) is 13.8 Å². The fraction of sp³-hybridized carbons (Fsp3) is 0.200. The Bertz CT molecular complexity index is 180. The first-order valence-corrected chi connectivity index (χ1v) is 3.34. The minimum atomic E-state index is 1.17. The molecule has 0 heterocycles. The molecule has 0 heteroatoms. The molecule has 10 heavy (non-hydrogen) atoms. The van der Waals surface area contributed by atoms with Gasteiger partial charge in [0.25, 0.3) is 0 Å². The van der Waals surface area contributed by atoms with E-state index in [9.17, 15) is 0 Å². The molecular weight excluding hydrogens is 120 g/mol. The lowest BCUT2D eigenvalue weighted by molar-refractivity contribution is 1.41. The van der Waals surface area contributed by atoms with Crippen LogP contribution in [0.5, 0.6) is 0 Å². The Kier molecular flexibility index (Phi) is 4.30. The molecule has 0 unspecified atom stereocenters. The molecule has 0 aliphatic heterocycles. The lowest BCUT2D eigenvalue weighted by Crippen LogP contribution is -1.77. The van der Waals surface area contributed by atoms with E-state index in [-0.39, 0.29) is 0 Å². The highest BCUT2D eigenvalue weighted by atomic mass is 13.9. The molecule has 0 N–H and O–H groups in total. The number of hydrogen-bond donors (Lipinski definition) is 0. The van der Waals surface area contributed by atoms with Gasteiger partial charge in [0.2, 0.25) is 0 Å². The second-order valence-electron chi connectivity index (χ2n) is 2.03. The van der Waals surface area contributed by atoms with Gasteiger partial charge in [-0.1, -0.05) is 37.5 Å². The first-order chi connectivity index (χ1) is 4.76. The first-order valence-electron chi connectivity index (χ1n) is 3.34. The Hall–Kier alpha value is -1.04. The quantitative estimate of drug-likeness (QED) is 0.520. The molecule has 0 aromatic heterocycles. The van der Waals surface area contributed by atoms with E-state index in [1.54, 1.807) is 6.08 Å². The zero-order valence-electron chi connectivity index (χ0n) is 6.72. The van der Waals surface area contributed by atoms with E-state index in [1.807, 2.05) is 32.1 Å². The summed E-state index contributed by atoms with van der Waals surface area (Å²) in [5.41, 5.74) is 2.37. The third-order valence-electron chi connectivity index (χ3n) is 1.35. The monoisotopic (exact) mass is 134 g/mol. The van der Waals surface area contributed by atoms with Crippen LogP contribution in [0.25, 0.3) is 0 Å². The van der Waals surface area contributed by atoms with E-state index >= 15 is 0 Å². The zero-order valence-corrected chi connectivity index (χ0v) is 6.72. The zero-order chi connectivity index (χ0) is 7.98. The van der Waals surface area contributed by atoms with E-state index in [0.717, 1.165) is 0 Å². The van der Waals surface area contributed by atoms with Crippen molar-refractivity contribution >= 4 is 0 Å². The number of hydrogen-bond acceptors (Lipinski definition) is 0. The summed E-state index contributed by atoms with van der Waals surface area (Å²) in [5, 5.41) is 0. The average molecular weight is 134 g/mol. The molecule has 0 saturated carbocycles. The minimum absolute atomic E-state index is 1.17. The van der Waals surface area contributed by atoms with Crippen LogP contribution in [0.15, 0.2) is 48.6 Å². The van der Waals surface area contributed by atoms with Crippen molar-refractivity contribution in [1.82, 2.24) is 0 Å². The highest BCUT2D eigenvalue weighted by Gasteiger charge is 1.88. The fourth-order valence-electron chi connectivity index (χ4n) is 0.780. The van der Waals surface area contributed by atoms with Crippen molar-refractivity contribution in [2.75, 3.05) is 0 Å². The summed E-state index contributed by atoms with van der Waals surface area (Å²) in [5.74, 6) is 0. The predicted molar refractivity (Wildman–Crippen MR) is 47.9 cm³/mol. The SMILES string of the molecule is C=C/C=C(C)/C(C=C)=C/C. The van der Waals surface area contributed by atoms with Crippen LogP contribution in [0.1, 0.15) is 13.8 Å². The molecule has 0 amide bonds. The second kappa shape index (κ2) is 4.80. The van der Waals surface area contributed by atoms with Crippen molar-refractivity contribution in [3.8, 4) is 0 Å². The predicted octanol–water partition coefficient (Wildman–Crippen LogP) is 3.25. The lowest BCUT2D eigenvalue weighted by atomic mass is 10.1. The molecule has 0 aromatic rings.